The molecule has 20 heavy (non-hydrogen) atoms. The van der Waals surface area contributed by atoms with Crippen molar-refractivity contribution in [3.05, 3.63) is 39.4 Å². The van der Waals surface area contributed by atoms with Crippen LogP contribution >= 0.6 is 22.9 Å². The highest BCUT2D eigenvalue weighted by Gasteiger charge is 2.22. The normalized spacial score (nSPS) is 11.7. The molecule has 0 radical (unpaired) electrons. The fraction of sp³-hybridized carbons (Fsp3) is 0.400. The summed E-state index contributed by atoms with van der Waals surface area (Å²) in [7, 11) is 1.62. The number of nitrogens with zero attached hydrogens (tertiary/aromatic N) is 1. The summed E-state index contributed by atoms with van der Waals surface area (Å²) in [6.07, 6.45) is 0.787. The van der Waals surface area contributed by atoms with E-state index in [1.165, 1.54) is 4.88 Å². The van der Waals surface area contributed by atoms with Crippen LogP contribution in [0.4, 0.5) is 5.13 Å². The highest BCUT2D eigenvalue weighted by molar-refractivity contribution is 7.15. The molecule has 5 heteroatoms. The van der Waals surface area contributed by atoms with E-state index < -0.39 is 0 Å². The summed E-state index contributed by atoms with van der Waals surface area (Å²) in [4.78, 5) is 5.67. The highest BCUT2D eigenvalue weighted by Crippen LogP contribution is 2.33. The third-order valence-electron chi connectivity index (χ3n) is 3.00. The van der Waals surface area contributed by atoms with Crippen LogP contribution in [-0.2, 0) is 11.8 Å². The lowest BCUT2D eigenvalue weighted by molar-refractivity contribution is 0.414. The van der Waals surface area contributed by atoms with Crippen LogP contribution in [0.2, 0.25) is 5.02 Å². The molecule has 108 valence electrons. The fourth-order valence-electron chi connectivity index (χ4n) is 2.08. The van der Waals surface area contributed by atoms with Crippen LogP contribution < -0.4 is 10.5 Å². The number of hydrogen-bond donors (Lipinski definition) is 1. The molecule has 1 aromatic carbocycles. The maximum Gasteiger partial charge on any atom is 0.180 e. The molecule has 2 N–H and O–H groups in total. The molecule has 0 fully saturated rings. The van der Waals surface area contributed by atoms with Gasteiger partial charge in [-0.3, -0.25) is 0 Å². The molecule has 1 heterocycles. The molecular weight excluding hydrogens is 292 g/mol. The van der Waals surface area contributed by atoms with Crippen LogP contribution in [0, 0.1) is 0 Å². The van der Waals surface area contributed by atoms with Crippen LogP contribution in [0.15, 0.2) is 18.2 Å². The van der Waals surface area contributed by atoms with E-state index in [1.54, 1.807) is 18.4 Å². The number of aromatic nitrogens is 1. The van der Waals surface area contributed by atoms with Crippen molar-refractivity contribution in [2.24, 2.45) is 0 Å². The predicted octanol–water partition coefficient (Wildman–Crippen LogP) is 4.28. The Bertz CT molecular complexity index is 617. The summed E-state index contributed by atoms with van der Waals surface area (Å²) in [6, 6.07) is 5.83. The Labute approximate surface area is 128 Å². The van der Waals surface area contributed by atoms with Crippen LogP contribution in [0.3, 0.4) is 0 Å². The number of nitrogen functional groups attached to an aromatic ring is 1. The van der Waals surface area contributed by atoms with Gasteiger partial charge in [0.15, 0.2) is 5.13 Å². The minimum absolute atomic E-state index is 0.0139. The molecule has 0 saturated carbocycles. The molecule has 2 rings (SSSR count). The van der Waals surface area contributed by atoms with E-state index in [2.05, 4.69) is 25.8 Å². The zero-order chi connectivity index (χ0) is 14.9. The average Bonchev–Trinajstić information content (AvgIpc) is 2.72. The van der Waals surface area contributed by atoms with Crippen LogP contribution in [-0.4, -0.2) is 12.1 Å². The van der Waals surface area contributed by atoms with Gasteiger partial charge in [-0.25, -0.2) is 4.98 Å². The van der Waals surface area contributed by atoms with E-state index in [0.717, 1.165) is 17.7 Å². The number of thiazole rings is 1. The van der Waals surface area contributed by atoms with Crippen molar-refractivity contribution in [3.8, 4) is 5.75 Å². The minimum Gasteiger partial charge on any atom is -0.495 e. The minimum atomic E-state index is -0.0139. The van der Waals surface area contributed by atoms with Crippen LogP contribution in [0.1, 0.15) is 36.9 Å². The molecule has 0 bridgehead atoms. The highest BCUT2D eigenvalue weighted by atomic mass is 35.5. The van der Waals surface area contributed by atoms with Crippen molar-refractivity contribution in [2.75, 3.05) is 12.8 Å². The predicted molar refractivity (Wildman–Crippen MR) is 86.0 cm³/mol. The average molecular weight is 311 g/mol. The van der Waals surface area contributed by atoms with Crippen molar-refractivity contribution in [1.29, 1.82) is 0 Å². The van der Waals surface area contributed by atoms with Gasteiger partial charge >= 0.3 is 0 Å². The van der Waals surface area contributed by atoms with E-state index in [9.17, 15) is 0 Å². The molecule has 0 unspecified atom stereocenters. The summed E-state index contributed by atoms with van der Waals surface area (Å²) in [5, 5.41) is 1.24. The molecule has 1 aromatic heterocycles. The number of rotatable bonds is 3. The van der Waals surface area contributed by atoms with Crippen LogP contribution in [0.5, 0.6) is 5.75 Å². The lowest BCUT2D eigenvalue weighted by Gasteiger charge is -2.17. The lowest BCUT2D eigenvalue weighted by atomic mass is 9.90. The van der Waals surface area contributed by atoms with Crippen LogP contribution in [0.25, 0.3) is 0 Å². The summed E-state index contributed by atoms with van der Waals surface area (Å²) in [6.45, 7) is 6.44. The maximum absolute atomic E-state index is 6.05. The van der Waals surface area contributed by atoms with Gasteiger partial charge in [-0.2, -0.15) is 0 Å². The molecule has 0 aliphatic rings. The third kappa shape index (κ3) is 3.25. The molecule has 0 spiro atoms. The topological polar surface area (TPSA) is 48.1 Å². The van der Waals surface area contributed by atoms with Gasteiger partial charge in [0.25, 0.3) is 0 Å². The summed E-state index contributed by atoms with van der Waals surface area (Å²) >= 11 is 7.60. The molecule has 0 amide bonds. The maximum atomic E-state index is 6.05. The molecule has 0 aliphatic carbocycles. The molecular formula is C15H19ClN2OS. The lowest BCUT2D eigenvalue weighted by Crippen LogP contribution is -2.14. The zero-order valence-electron chi connectivity index (χ0n) is 12.2. The molecule has 3 nitrogen and oxygen atoms in total. The number of ether oxygens (including phenoxy) is 1. The zero-order valence-corrected chi connectivity index (χ0v) is 13.7. The fourth-order valence-corrected chi connectivity index (χ4v) is 3.35. The van der Waals surface area contributed by atoms with Crippen molar-refractivity contribution in [2.45, 2.75) is 32.6 Å². The number of anilines is 1. The number of halogens is 1. The SMILES string of the molecule is COc1cc(Cc2sc(N)nc2C(C)(C)C)ccc1Cl. The molecule has 0 aliphatic heterocycles. The Hall–Kier alpha value is -1.26. The van der Waals surface area contributed by atoms with Gasteiger partial charge in [0, 0.05) is 16.7 Å². The number of hydrogen-bond acceptors (Lipinski definition) is 4. The Morgan fingerprint density at radius 2 is 2.05 bits per heavy atom. The summed E-state index contributed by atoms with van der Waals surface area (Å²) < 4.78 is 5.26. The molecule has 0 atom stereocenters. The van der Waals surface area contributed by atoms with E-state index in [4.69, 9.17) is 22.1 Å². The standard InChI is InChI=1S/C15H19ClN2OS/c1-15(2,3)13-12(20-14(17)18-13)8-9-5-6-10(16)11(7-9)19-4/h5-7H,8H2,1-4H3,(H2,17,18). The second kappa shape index (κ2) is 5.62. The van der Waals surface area contributed by atoms with Crippen molar-refractivity contribution < 1.29 is 4.74 Å². The van der Waals surface area contributed by atoms with E-state index in [-0.39, 0.29) is 5.41 Å². The number of benzene rings is 1. The van der Waals surface area contributed by atoms with Gasteiger partial charge in [0.2, 0.25) is 0 Å². The van der Waals surface area contributed by atoms with E-state index in [1.807, 2.05) is 18.2 Å². The van der Waals surface area contributed by atoms with Gasteiger partial charge in [-0.05, 0) is 17.7 Å². The smallest absolute Gasteiger partial charge is 0.180 e. The first-order valence-electron chi connectivity index (χ1n) is 6.39. The van der Waals surface area contributed by atoms with E-state index >= 15 is 0 Å². The second-order valence-electron chi connectivity index (χ2n) is 5.72. The van der Waals surface area contributed by atoms with Gasteiger partial charge in [-0.15, -0.1) is 11.3 Å². The van der Waals surface area contributed by atoms with Crippen molar-refractivity contribution in [1.82, 2.24) is 4.98 Å². The Kier molecular flexibility index (Phi) is 4.25. The van der Waals surface area contributed by atoms with Crippen molar-refractivity contribution >= 4 is 28.1 Å². The Morgan fingerprint density at radius 1 is 1.35 bits per heavy atom. The Morgan fingerprint density at radius 3 is 2.65 bits per heavy atom. The van der Waals surface area contributed by atoms with Gasteiger partial charge in [0.1, 0.15) is 5.75 Å². The summed E-state index contributed by atoms with van der Waals surface area (Å²) in [5.41, 5.74) is 8.06. The quantitative estimate of drug-likeness (QED) is 0.920. The first-order valence-corrected chi connectivity index (χ1v) is 7.59. The number of nitrogens with two attached hydrogens (primary N) is 1. The second-order valence-corrected chi connectivity index (χ2v) is 7.24. The largest absolute Gasteiger partial charge is 0.495 e. The number of methoxy groups -OCH3 is 1. The summed E-state index contributed by atoms with van der Waals surface area (Å²) in [5.74, 6) is 0.693. The molecule has 2 aromatic rings. The molecule has 0 saturated heterocycles. The Balaban J connectivity index is 2.35. The third-order valence-corrected chi connectivity index (χ3v) is 4.20. The van der Waals surface area contributed by atoms with E-state index in [0.29, 0.717) is 15.9 Å². The first kappa shape index (κ1) is 15.1. The first-order chi connectivity index (χ1) is 9.31. The van der Waals surface area contributed by atoms with Gasteiger partial charge in [0.05, 0.1) is 17.8 Å². The van der Waals surface area contributed by atoms with Gasteiger partial charge < -0.3 is 10.5 Å². The van der Waals surface area contributed by atoms with Gasteiger partial charge in [-0.1, -0.05) is 38.4 Å². The van der Waals surface area contributed by atoms with Crippen molar-refractivity contribution in [3.63, 3.8) is 0 Å². The monoisotopic (exact) mass is 310 g/mol.